The Morgan fingerprint density at radius 2 is 2.00 bits per heavy atom. The normalized spacial score (nSPS) is 10.0. The Morgan fingerprint density at radius 1 is 1.29 bits per heavy atom. The molecular formula is C9H12FNO3. The van der Waals surface area contributed by atoms with Crippen molar-refractivity contribution in [1.29, 1.82) is 0 Å². The fourth-order valence-corrected chi connectivity index (χ4v) is 1.09. The van der Waals surface area contributed by atoms with Gasteiger partial charge >= 0.3 is 0 Å². The van der Waals surface area contributed by atoms with Gasteiger partial charge in [-0.3, -0.25) is 4.84 Å². The summed E-state index contributed by atoms with van der Waals surface area (Å²) in [6, 6.07) is 2.96. The van der Waals surface area contributed by atoms with Crippen LogP contribution in [0.3, 0.4) is 0 Å². The molecule has 0 heterocycles. The first-order chi connectivity index (χ1) is 6.72. The lowest BCUT2D eigenvalue weighted by Gasteiger charge is -2.09. The van der Waals surface area contributed by atoms with Crippen LogP contribution in [-0.4, -0.2) is 14.2 Å². The van der Waals surface area contributed by atoms with Gasteiger partial charge in [0.15, 0.2) is 11.6 Å². The number of methoxy groups -OCH3 is 2. The van der Waals surface area contributed by atoms with E-state index in [1.165, 1.54) is 26.4 Å². The molecule has 0 aliphatic rings. The van der Waals surface area contributed by atoms with E-state index in [1.807, 2.05) is 0 Å². The second kappa shape index (κ2) is 4.78. The minimum absolute atomic E-state index is 0.0284. The average Bonchev–Trinajstić information content (AvgIpc) is 2.21. The van der Waals surface area contributed by atoms with E-state index in [1.54, 1.807) is 0 Å². The van der Waals surface area contributed by atoms with Crippen LogP contribution in [0.2, 0.25) is 0 Å². The number of rotatable bonds is 4. The predicted octanol–water partition coefficient (Wildman–Crippen LogP) is 1.23. The molecule has 0 aliphatic carbocycles. The topological polar surface area (TPSA) is 53.7 Å². The Hall–Kier alpha value is -1.33. The minimum atomic E-state index is -0.487. The molecule has 0 radical (unpaired) electrons. The summed E-state index contributed by atoms with van der Waals surface area (Å²) in [6.45, 7) is -0.0284. The number of benzene rings is 1. The van der Waals surface area contributed by atoms with Crippen molar-refractivity contribution in [3.8, 4) is 11.5 Å². The van der Waals surface area contributed by atoms with Crippen LogP contribution in [0.5, 0.6) is 11.5 Å². The Labute approximate surface area is 81.3 Å². The Balaban J connectivity index is 3.12. The highest BCUT2D eigenvalue weighted by molar-refractivity contribution is 5.39. The maximum atomic E-state index is 13.5. The summed E-state index contributed by atoms with van der Waals surface area (Å²) in [4.78, 5) is 4.36. The van der Waals surface area contributed by atoms with Crippen molar-refractivity contribution in [2.45, 2.75) is 6.61 Å². The molecule has 2 N–H and O–H groups in total. The molecule has 0 saturated carbocycles. The van der Waals surface area contributed by atoms with E-state index < -0.39 is 5.82 Å². The van der Waals surface area contributed by atoms with E-state index in [9.17, 15) is 4.39 Å². The Morgan fingerprint density at radius 3 is 2.50 bits per heavy atom. The van der Waals surface area contributed by atoms with Crippen molar-refractivity contribution in [3.05, 3.63) is 23.5 Å². The van der Waals surface area contributed by atoms with E-state index in [2.05, 4.69) is 4.84 Å². The van der Waals surface area contributed by atoms with Gasteiger partial charge in [0, 0.05) is 11.6 Å². The number of hydrogen-bond donors (Lipinski definition) is 1. The van der Waals surface area contributed by atoms with Crippen LogP contribution in [0.25, 0.3) is 0 Å². The third kappa shape index (κ3) is 2.12. The molecule has 1 aromatic rings. The van der Waals surface area contributed by atoms with E-state index in [4.69, 9.17) is 15.4 Å². The summed E-state index contributed by atoms with van der Waals surface area (Å²) in [5.41, 5.74) is 0.295. The van der Waals surface area contributed by atoms with Crippen molar-refractivity contribution in [1.82, 2.24) is 0 Å². The standard InChI is InChI=1S/C9H12FNO3/c1-12-7-3-6(5-14-11)9(10)8(4-7)13-2/h3-4H,5,11H2,1-2H3. The fourth-order valence-electron chi connectivity index (χ4n) is 1.09. The SMILES string of the molecule is COc1cc(CON)c(F)c(OC)c1. The Kier molecular flexibility index (Phi) is 3.67. The third-order valence-corrected chi connectivity index (χ3v) is 1.78. The maximum Gasteiger partial charge on any atom is 0.170 e. The lowest BCUT2D eigenvalue weighted by atomic mass is 10.2. The predicted molar refractivity (Wildman–Crippen MR) is 48.5 cm³/mol. The van der Waals surface area contributed by atoms with Gasteiger partial charge in [0.25, 0.3) is 0 Å². The van der Waals surface area contributed by atoms with Crippen molar-refractivity contribution >= 4 is 0 Å². The highest BCUT2D eigenvalue weighted by atomic mass is 19.1. The molecule has 5 heteroatoms. The molecule has 1 aromatic carbocycles. The first-order valence-corrected chi connectivity index (χ1v) is 3.95. The fraction of sp³-hybridized carbons (Fsp3) is 0.333. The zero-order chi connectivity index (χ0) is 10.6. The van der Waals surface area contributed by atoms with E-state index in [0.29, 0.717) is 11.3 Å². The lowest BCUT2D eigenvalue weighted by molar-refractivity contribution is 0.121. The molecule has 0 amide bonds. The summed E-state index contributed by atoms with van der Waals surface area (Å²) in [5.74, 6) is 4.98. The molecule has 0 bridgehead atoms. The highest BCUT2D eigenvalue weighted by Gasteiger charge is 2.11. The van der Waals surface area contributed by atoms with E-state index in [0.717, 1.165) is 0 Å². The van der Waals surface area contributed by atoms with Crippen molar-refractivity contribution in [2.24, 2.45) is 5.90 Å². The van der Waals surface area contributed by atoms with Crippen LogP contribution in [0.4, 0.5) is 4.39 Å². The summed E-state index contributed by atoms with van der Waals surface area (Å²) in [5, 5.41) is 0. The molecule has 14 heavy (non-hydrogen) atoms. The summed E-state index contributed by atoms with van der Waals surface area (Å²) < 4.78 is 23.2. The summed E-state index contributed by atoms with van der Waals surface area (Å²) in [7, 11) is 2.87. The van der Waals surface area contributed by atoms with Gasteiger partial charge in [-0.2, -0.15) is 0 Å². The van der Waals surface area contributed by atoms with Gasteiger partial charge < -0.3 is 9.47 Å². The number of halogens is 1. The second-order valence-corrected chi connectivity index (χ2v) is 2.61. The van der Waals surface area contributed by atoms with Crippen LogP contribution >= 0.6 is 0 Å². The van der Waals surface area contributed by atoms with Crippen molar-refractivity contribution in [3.63, 3.8) is 0 Å². The number of ether oxygens (including phenoxy) is 2. The molecule has 0 aliphatic heterocycles. The molecule has 4 nitrogen and oxygen atoms in total. The van der Waals surface area contributed by atoms with Crippen LogP contribution in [0.1, 0.15) is 5.56 Å². The van der Waals surface area contributed by atoms with Gasteiger partial charge in [0.2, 0.25) is 0 Å². The molecule has 0 aromatic heterocycles. The van der Waals surface area contributed by atoms with Crippen molar-refractivity contribution in [2.75, 3.05) is 14.2 Å². The monoisotopic (exact) mass is 201 g/mol. The summed E-state index contributed by atoms with van der Waals surface area (Å²) >= 11 is 0. The van der Waals surface area contributed by atoms with Crippen LogP contribution in [-0.2, 0) is 11.4 Å². The first kappa shape index (κ1) is 10.7. The largest absolute Gasteiger partial charge is 0.497 e. The zero-order valence-corrected chi connectivity index (χ0v) is 8.04. The molecule has 0 spiro atoms. The molecule has 0 fully saturated rings. The third-order valence-electron chi connectivity index (χ3n) is 1.78. The van der Waals surface area contributed by atoms with E-state index in [-0.39, 0.29) is 12.4 Å². The van der Waals surface area contributed by atoms with Gasteiger partial charge in [-0.25, -0.2) is 10.3 Å². The molecule has 1 rings (SSSR count). The van der Waals surface area contributed by atoms with Gasteiger partial charge in [0.05, 0.1) is 20.8 Å². The van der Waals surface area contributed by atoms with Crippen LogP contribution in [0.15, 0.2) is 12.1 Å². The molecular weight excluding hydrogens is 189 g/mol. The molecule has 0 unspecified atom stereocenters. The van der Waals surface area contributed by atoms with Crippen molar-refractivity contribution < 1.29 is 18.7 Å². The highest BCUT2D eigenvalue weighted by Crippen LogP contribution is 2.27. The lowest BCUT2D eigenvalue weighted by Crippen LogP contribution is -2.03. The maximum absolute atomic E-state index is 13.5. The quantitative estimate of drug-likeness (QED) is 0.744. The second-order valence-electron chi connectivity index (χ2n) is 2.61. The average molecular weight is 201 g/mol. The first-order valence-electron chi connectivity index (χ1n) is 3.95. The van der Waals surface area contributed by atoms with Crippen LogP contribution in [0, 0.1) is 5.82 Å². The molecule has 78 valence electrons. The van der Waals surface area contributed by atoms with Crippen LogP contribution < -0.4 is 15.4 Å². The van der Waals surface area contributed by atoms with Gasteiger partial charge in [0.1, 0.15) is 5.75 Å². The smallest absolute Gasteiger partial charge is 0.170 e. The zero-order valence-electron chi connectivity index (χ0n) is 8.04. The van der Waals surface area contributed by atoms with Gasteiger partial charge in [-0.05, 0) is 6.07 Å². The van der Waals surface area contributed by atoms with E-state index >= 15 is 0 Å². The number of hydrogen-bond acceptors (Lipinski definition) is 4. The number of nitrogens with two attached hydrogens (primary N) is 1. The van der Waals surface area contributed by atoms with Gasteiger partial charge in [-0.15, -0.1) is 0 Å². The molecule has 0 saturated heterocycles. The van der Waals surface area contributed by atoms with Gasteiger partial charge in [-0.1, -0.05) is 0 Å². The Bertz CT molecular complexity index is 317. The minimum Gasteiger partial charge on any atom is -0.497 e. The summed E-state index contributed by atoms with van der Waals surface area (Å²) in [6.07, 6.45) is 0. The molecule has 0 atom stereocenters.